The van der Waals surface area contributed by atoms with Crippen LogP contribution >= 0.6 is 0 Å². The number of urea groups is 1. The molecule has 1 aliphatic carbocycles. The summed E-state index contributed by atoms with van der Waals surface area (Å²) in [5.74, 6) is -0.478. The van der Waals surface area contributed by atoms with Crippen molar-refractivity contribution in [3.8, 4) is 0 Å². The molecular formula is C12H20N2O3. The van der Waals surface area contributed by atoms with Gasteiger partial charge >= 0.3 is 12.0 Å². The first kappa shape index (κ1) is 12.2. The molecule has 1 aliphatic heterocycles. The zero-order valence-corrected chi connectivity index (χ0v) is 10.3. The Bertz CT molecular complexity index is 326. The van der Waals surface area contributed by atoms with Crippen LogP contribution in [0.25, 0.3) is 0 Å². The number of hydrogen-bond donors (Lipinski definition) is 2. The van der Waals surface area contributed by atoms with E-state index < -0.39 is 11.9 Å². The maximum Gasteiger partial charge on any atom is 0.317 e. The number of carboxylic acid groups (broad SMARTS) is 1. The number of carbonyl (C=O) groups excluding carboxylic acids is 1. The summed E-state index contributed by atoms with van der Waals surface area (Å²) < 4.78 is 0. The summed E-state index contributed by atoms with van der Waals surface area (Å²) in [4.78, 5) is 24.5. The molecule has 2 rings (SSSR count). The maximum absolute atomic E-state index is 11.9. The Morgan fingerprint density at radius 2 is 1.88 bits per heavy atom. The Hall–Kier alpha value is -1.26. The molecule has 2 N–H and O–H groups in total. The van der Waals surface area contributed by atoms with E-state index in [0.29, 0.717) is 19.0 Å². The van der Waals surface area contributed by atoms with E-state index in [-0.39, 0.29) is 18.0 Å². The molecule has 1 saturated heterocycles. The van der Waals surface area contributed by atoms with Gasteiger partial charge in [0, 0.05) is 19.1 Å². The average Bonchev–Trinajstić information content (AvgIpc) is 2.58. The zero-order chi connectivity index (χ0) is 12.6. The third kappa shape index (κ3) is 2.53. The van der Waals surface area contributed by atoms with E-state index in [2.05, 4.69) is 12.2 Å². The van der Waals surface area contributed by atoms with Crippen LogP contribution in [0.1, 0.15) is 26.7 Å². The standard InChI is InChI=1S/C12H20N2O3/c1-7-3-9(4-7)13-12(17)14-5-8(2)10(6-14)11(15)16/h7-10H,3-6H2,1-2H3,(H,13,17)(H,15,16). The number of rotatable bonds is 2. The lowest BCUT2D eigenvalue weighted by atomic mass is 9.82. The van der Waals surface area contributed by atoms with Gasteiger partial charge in [-0.25, -0.2) is 4.79 Å². The second kappa shape index (κ2) is 4.55. The lowest BCUT2D eigenvalue weighted by Crippen LogP contribution is -2.49. The van der Waals surface area contributed by atoms with Gasteiger partial charge in [0.25, 0.3) is 0 Å². The Kier molecular flexibility index (Phi) is 3.26. The Morgan fingerprint density at radius 1 is 1.24 bits per heavy atom. The SMILES string of the molecule is CC1CC(NC(=O)N2CC(C)C(C(=O)O)C2)C1. The molecule has 17 heavy (non-hydrogen) atoms. The molecular weight excluding hydrogens is 220 g/mol. The lowest BCUT2D eigenvalue weighted by molar-refractivity contribution is -0.142. The number of carbonyl (C=O) groups is 2. The first-order chi connectivity index (χ1) is 7.97. The highest BCUT2D eigenvalue weighted by molar-refractivity contribution is 5.77. The van der Waals surface area contributed by atoms with Crippen LogP contribution < -0.4 is 5.32 Å². The summed E-state index contributed by atoms with van der Waals surface area (Å²) in [7, 11) is 0. The van der Waals surface area contributed by atoms with E-state index in [9.17, 15) is 9.59 Å². The highest BCUT2D eigenvalue weighted by Crippen LogP contribution is 2.27. The van der Waals surface area contributed by atoms with Crippen LogP contribution in [0, 0.1) is 17.8 Å². The first-order valence-electron chi connectivity index (χ1n) is 6.25. The van der Waals surface area contributed by atoms with Crippen molar-refractivity contribution in [2.45, 2.75) is 32.7 Å². The van der Waals surface area contributed by atoms with Crippen molar-refractivity contribution in [2.75, 3.05) is 13.1 Å². The second-order valence-electron chi connectivity index (χ2n) is 5.55. The Labute approximate surface area is 101 Å². The summed E-state index contributed by atoms with van der Waals surface area (Å²) in [5.41, 5.74) is 0. The fourth-order valence-electron chi connectivity index (χ4n) is 2.74. The molecule has 5 nitrogen and oxygen atoms in total. The van der Waals surface area contributed by atoms with Crippen molar-refractivity contribution >= 4 is 12.0 Å². The number of hydrogen-bond acceptors (Lipinski definition) is 2. The monoisotopic (exact) mass is 240 g/mol. The summed E-state index contributed by atoms with van der Waals surface area (Å²) in [6.45, 7) is 4.94. The van der Waals surface area contributed by atoms with Gasteiger partial charge in [-0.3, -0.25) is 4.79 Å². The summed E-state index contributed by atoms with van der Waals surface area (Å²) in [6.07, 6.45) is 2.08. The molecule has 0 aromatic heterocycles. The molecule has 0 radical (unpaired) electrons. The highest BCUT2D eigenvalue weighted by atomic mass is 16.4. The average molecular weight is 240 g/mol. The molecule has 1 saturated carbocycles. The molecule has 1 heterocycles. The van der Waals surface area contributed by atoms with Gasteiger partial charge < -0.3 is 15.3 Å². The molecule has 0 aromatic rings. The Balaban J connectivity index is 1.83. The van der Waals surface area contributed by atoms with E-state index in [0.717, 1.165) is 12.8 Å². The normalized spacial score (nSPS) is 36.5. The minimum Gasteiger partial charge on any atom is -0.481 e. The molecule has 96 valence electrons. The van der Waals surface area contributed by atoms with E-state index in [1.54, 1.807) is 4.90 Å². The fourth-order valence-corrected chi connectivity index (χ4v) is 2.74. The molecule has 5 heteroatoms. The number of likely N-dealkylation sites (tertiary alicyclic amines) is 1. The van der Waals surface area contributed by atoms with Gasteiger partial charge in [0.1, 0.15) is 0 Å². The third-order valence-electron chi connectivity index (χ3n) is 3.92. The molecule has 2 atom stereocenters. The van der Waals surface area contributed by atoms with Crippen LogP contribution in [0.4, 0.5) is 4.79 Å². The molecule has 0 bridgehead atoms. The van der Waals surface area contributed by atoms with E-state index in [1.807, 2.05) is 6.92 Å². The third-order valence-corrected chi connectivity index (χ3v) is 3.92. The zero-order valence-electron chi connectivity index (χ0n) is 10.3. The first-order valence-corrected chi connectivity index (χ1v) is 6.25. The summed E-state index contributed by atoms with van der Waals surface area (Å²) >= 11 is 0. The van der Waals surface area contributed by atoms with Gasteiger partial charge in [0.05, 0.1) is 5.92 Å². The molecule has 2 aliphatic rings. The van der Waals surface area contributed by atoms with E-state index in [1.165, 1.54) is 0 Å². The largest absolute Gasteiger partial charge is 0.481 e. The predicted octanol–water partition coefficient (Wildman–Crippen LogP) is 1.15. The topological polar surface area (TPSA) is 69.6 Å². The van der Waals surface area contributed by atoms with Crippen LogP contribution in [-0.4, -0.2) is 41.1 Å². The predicted molar refractivity (Wildman–Crippen MR) is 62.6 cm³/mol. The van der Waals surface area contributed by atoms with Gasteiger partial charge in [0.15, 0.2) is 0 Å². The highest BCUT2D eigenvalue weighted by Gasteiger charge is 2.38. The van der Waals surface area contributed by atoms with Gasteiger partial charge in [0.2, 0.25) is 0 Å². The van der Waals surface area contributed by atoms with Crippen LogP contribution in [0.15, 0.2) is 0 Å². The molecule has 2 fully saturated rings. The fraction of sp³-hybridized carbons (Fsp3) is 0.833. The lowest BCUT2D eigenvalue weighted by Gasteiger charge is -2.34. The molecule has 0 spiro atoms. The van der Waals surface area contributed by atoms with Crippen LogP contribution in [-0.2, 0) is 4.79 Å². The number of aliphatic carboxylic acids is 1. The number of nitrogens with one attached hydrogen (secondary N) is 1. The van der Waals surface area contributed by atoms with Crippen LogP contribution in [0.2, 0.25) is 0 Å². The van der Waals surface area contributed by atoms with Crippen molar-refractivity contribution in [1.82, 2.24) is 10.2 Å². The summed E-state index contributed by atoms with van der Waals surface area (Å²) in [6, 6.07) is 0.189. The second-order valence-corrected chi connectivity index (χ2v) is 5.55. The van der Waals surface area contributed by atoms with Crippen LogP contribution in [0.3, 0.4) is 0 Å². The number of nitrogens with zero attached hydrogens (tertiary/aromatic N) is 1. The molecule has 0 aromatic carbocycles. The van der Waals surface area contributed by atoms with Crippen LogP contribution in [0.5, 0.6) is 0 Å². The van der Waals surface area contributed by atoms with Crippen molar-refractivity contribution in [1.29, 1.82) is 0 Å². The molecule has 2 unspecified atom stereocenters. The van der Waals surface area contributed by atoms with Gasteiger partial charge in [-0.05, 0) is 24.7 Å². The minimum atomic E-state index is -0.801. The maximum atomic E-state index is 11.9. The quantitative estimate of drug-likeness (QED) is 0.760. The van der Waals surface area contributed by atoms with Crippen molar-refractivity contribution in [2.24, 2.45) is 17.8 Å². The van der Waals surface area contributed by atoms with E-state index >= 15 is 0 Å². The minimum absolute atomic E-state index is 0.0403. The summed E-state index contributed by atoms with van der Waals surface area (Å²) in [5, 5.41) is 12.0. The van der Waals surface area contributed by atoms with E-state index in [4.69, 9.17) is 5.11 Å². The van der Waals surface area contributed by atoms with Crippen molar-refractivity contribution < 1.29 is 14.7 Å². The van der Waals surface area contributed by atoms with Gasteiger partial charge in [-0.2, -0.15) is 0 Å². The van der Waals surface area contributed by atoms with Gasteiger partial charge in [-0.1, -0.05) is 13.8 Å². The van der Waals surface area contributed by atoms with Crippen molar-refractivity contribution in [3.05, 3.63) is 0 Å². The Morgan fingerprint density at radius 3 is 2.35 bits per heavy atom. The number of amides is 2. The molecule has 2 amide bonds. The van der Waals surface area contributed by atoms with Crippen molar-refractivity contribution in [3.63, 3.8) is 0 Å². The smallest absolute Gasteiger partial charge is 0.317 e. The number of carboxylic acids is 1. The van der Waals surface area contributed by atoms with Gasteiger partial charge in [-0.15, -0.1) is 0 Å².